The van der Waals surface area contributed by atoms with E-state index >= 15 is 0 Å². The number of nitrogens with zero attached hydrogens (tertiary/aromatic N) is 1. The van der Waals surface area contributed by atoms with Gasteiger partial charge in [-0.3, -0.25) is 0 Å². The van der Waals surface area contributed by atoms with Gasteiger partial charge in [-0.15, -0.1) is 0 Å². The van der Waals surface area contributed by atoms with E-state index in [4.69, 9.17) is 19.5 Å². The molecule has 0 N–H and O–H groups in total. The quantitative estimate of drug-likeness (QED) is 0.0613. The molecule has 5 nitrogen and oxygen atoms in total. The maximum atomic E-state index is 12.5. The molecule has 0 aliphatic heterocycles. The van der Waals surface area contributed by atoms with E-state index in [1.165, 1.54) is 63.4 Å². The molecule has 0 amide bonds. The lowest BCUT2D eigenvalue weighted by Crippen LogP contribution is -2.08. The van der Waals surface area contributed by atoms with Crippen molar-refractivity contribution in [2.24, 2.45) is 0 Å². The smallest absolute Gasteiger partial charge is 0.343 e. The Morgan fingerprint density at radius 3 is 1.79 bits per heavy atom. The lowest BCUT2D eigenvalue weighted by atomic mass is 10.0. The van der Waals surface area contributed by atoms with Gasteiger partial charge in [0.05, 0.1) is 30.4 Å². The predicted octanol–water partition coefficient (Wildman–Crippen LogP) is 10.0. The average molecular weight is 596 g/mol. The molecule has 0 unspecified atom stereocenters. The van der Waals surface area contributed by atoms with E-state index in [0.717, 1.165) is 43.1 Å². The molecule has 0 bridgehead atoms. The van der Waals surface area contributed by atoms with Crippen LogP contribution in [0.3, 0.4) is 0 Å². The molecule has 1 aromatic heterocycles. The zero-order chi connectivity index (χ0) is 30.0. The molecule has 0 atom stereocenters. The van der Waals surface area contributed by atoms with Crippen molar-refractivity contribution in [3.8, 4) is 28.7 Å². The second-order valence-electron chi connectivity index (χ2n) is 10.7. The molecule has 43 heavy (non-hydrogen) atoms. The van der Waals surface area contributed by atoms with Crippen LogP contribution in [0.1, 0.15) is 85.7 Å². The first-order valence-electron chi connectivity index (χ1n) is 15.4. The van der Waals surface area contributed by atoms with E-state index in [-0.39, 0.29) is 0 Å². The number of nitriles is 1. The highest BCUT2D eigenvalue weighted by Crippen LogP contribution is 2.24. The topological polar surface area (TPSA) is 68.5 Å². The number of unbranched alkanes of at least 4 members (excludes halogenated alkanes) is 9. The van der Waals surface area contributed by atoms with Crippen molar-refractivity contribution in [2.75, 3.05) is 13.2 Å². The number of carbonyl (C=O) groups excluding carboxylic acids is 1. The largest absolute Gasteiger partial charge is 0.494 e. The van der Waals surface area contributed by atoms with E-state index in [1.807, 2.05) is 42.5 Å². The number of hydrogen-bond acceptors (Lipinski definition) is 6. The fraction of sp³-hybridized carbons (Fsp3) is 0.351. The first kappa shape index (κ1) is 32.0. The van der Waals surface area contributed by atoms with Crippen molar-refractivity contribution >= 4 is 17.3 Å². The Morgan fingerprint density at radius 2 is 1.21 bits per heavy atom. The molecule has 0 fully saturated rings. The molecule has 4 rings (SSSR count). The van der Waals surface area contributed by atoms with Gasteiger partial charge in [0, 0.05) is 6.61 Å². The second kappa shape index (κ2) is 18.6. The second-order valence-corrected chi connectivity index (χ2v) is 11.5. The number of rotatable bonds is 19. The molecule has 0 aliphatic carbocycles. The summed E-state index contributed by atoms with van der Waals surface area (Å²) in [5.41, 5.74) is 4.35. The lowest BCUT2D eigenvalue weighted by molar-refractivity contribution is 0.0734. The van der Waals surface area contributed by atoms with Gasteiger partial charge in [0.2, 0.25) is 0 Å². The third kappa shape index (κ3) is 11.7. The number of benzene rings is 3. The summed E-state index contributed by atoms with van der Waals surface area (Å²) in [6.45, 7) is 2.37. The van der Waals surface area contributed by atoms with Crippen LogP contribution in [0.5, 0.6) is 11.5 Å². The molecule has 0 spiro atoms. The molecule has 1 heterocycles. The highest BCUT2D eigenvalue weighted by molar-refractivity contribution is 7.07. The van der Waals surface area contributed by atoms with Crippen molar-refractivity contribution in [3.63, 3.8) is 0 Å². The minimum absolute atomic E-state index is 0.410. The Morgan fingerprint density at radius 1 is 0.651 bits per heavy atom. The Bertz CT molecular complexity index is 1370. The van der Waals surface area contributed by atoms with Crippen molar-refractivity contribution in [1.29, 1.82) is 5.26 Å². The normalized spacial score (nSPS) is 10.8. The Kier molecular flexibility index (Phi) is 13.8. The number of esters is 1. The van der Waals surface area contributed by atoms with Gasteiger partial charge in [0.25, 0.3) is 0 Å². The summed E-state index contributed by atoms with van der Waals surface area (Å²) in [6.07, 6.45) is 12.6. The van der Waals surface area contributed by atoms with E-state index in [0.29, 0.717) is 16.9 Å². The Labute approximate surface area is 260 Å². The Hall–Kier alpha value is -3.92. The number of hydrogen-bond donors (Lipinski definition) is 0. The monoisotopic (exact) mass is 595 g/mol. The fourth-order valence-corrected chi connectivity index (χ4v) is 5.43. The number of carbonyl (C=O) groups is 1. The maximum Gasteiger partial charge on any atom is 0.343 e. The van der Waals surface area contributed by atoms with Crippen molar-refractivity contribution in [1.82, 2.24) is 0 Å². The van der Waals surface area contributed by atoms with Gasteiger partial charge < -0.3 is 14.2 Å². The summed E-state index contributed by atoms with van der Waals surface area (Å²) < 4.78 is 17.1. The van der Waals surface area contributed by atoms with Gasteiger partial charge in [-0.2, -0.15) is 16.6 Å². The zero-order valence-electron chi connectivity index (χ0n) is 24.8. The fourth-order valence-electron chi connectivity index (χ4n) is 4.78. The highest BCUT2D eigenvalue weighted by Gasteiger charge is 2.09. The molecule has 3 aromatic carbocycles. The van der Waals surface area contributed by atoms with Crippen LogP contribution in [0, 0.1) is 11.3 Å². The molecule has 0 aliphatic rings. The van der Waals surface area contributed by atoms with Crippen molar-refractivity contribution in [2.45, 2.75) is 70.8 Å². The van der Waals surface area contributed by atoms with Crippen LogP contribution in [-0.4, -0.2) is 19.2 Å². The SMILES string of the molecule is N#Cc1ccc(OC(=O)c2ccc(-c3ccc(OCCCCCCCCCCCCOCc4ccsc4)cc3)cc2)cc1. The van der Waals surface area contributed by atoms with Crippen molar-refractivity contribution in [3.05, 3.63) is 106 Å². The first-order chi connectivity index (χ1) is 21.2. The highest BCUT2D eigenvalue weighted by atomic mass is 32.1. The van der Waals surface area contributed by atoms with Gasteiger partial charge in [-0.1, -0.05) is 75.6 Å². The molecule has 0 saturated heterocycles. The average Bonchev–Trinajstić information content (AvgIpc) is 3.57. The van der Waals surface area contributed by atoms with E-state index in [9.17, 15) is 4.79 Å². The summed E-state index contributed by atoms with van der Waals surface area (Å²) in [5, 5.41) is 13.1. The van der Waals surface area contributed by atoms with Crippen LogP contribution < -0.4 is 9.47 Å². The van der Waals surface area contributed by atoms with E-state index in [1.54, 1.807) is 47.7 Å². The van der Waals surface area contributed by atoms with Crippen LogP contribution in [0.15, 0.2) is 89.6 Å². The van der Waals surface area contributed by atoms with Crippen LogP contribution in [0.2, 0.25) is 0 Å². The molecule has 6 heteroatoms. The summed E-state index contributed by atoms with van der Waals surface area (Å²) in [7, 11) is 0. The maximum absolute atomic E-state index is 12.5. The number of ether oxygens (including phenoxy) is 3. The molecule has 224 valence electrons. The molecular formula is C37H41NO4S. The van der Waals surface area contributed by atoms with E-state index in [2.05, 4.69) is 16.8 Å². The van der Waals surface area contributed by atoms with Crippen LogP contribution in [0.25, 0.3) is 11.1 Å². The third-order valence-electron chi connectivity index (χ3n) is 7.30. The van der Waals surface area contributed by atoms with Gasteiger partial charge >= 0.3 is 5.97 Å². The lowest BCUT2D eigenvalue weighted by Gasteiger charge is -2.08. The summed E-state index contributed by atoms with van der Waals surface area (Å²) in [4.78, 5) is 12.5. The minimum atomic E-state index is -0.433. The predicted molar refractivity (Wildman–Crippen MR) is 174 cm³/mol. The van der Waals surface area contributed by atoms with Crippen LogP contribution in [-0.2, 0) is 11.3 Å². The summed E-state index contributed by atoms with van der Waals surface area (Å²) in [5.74, 6) is 0.856. The molecule has 4 aromatic rings. The first-order valence-corrected chi connectivity index (χ1v) is 16.3. The summed E-state index contributed by atoms with van der Waals surface area (Å²) in [6, 6.07) is 26.1. The van der Waals surface area contributed by atoms with Crippen LogP contribution >= 0.6 is 11.3 Å². The van der Waals surface area contributed by atoms with Crippen LogP contribution in [0.4, 0.5) is 0 Å². The molecule has 0 radical (unpaired) electrons. The van der Waals surface area contributed by atoms with Gasteiger partial charge in [0.15, 0.2) is 0 Å². The van der Waals surface area contributed by atoms with Gasteiger partial charge in [-0.05, 0) is 94.9 Å². The van der Waals surface area contributed by atoms with E-state index < -0.39 is 5.97 Å². The molecular weight excluding hydrogens is 554 g/mol. The van der Waals surface area contributed by atoms with Gasteiger partial charge in [0.1, 0.15) is 11.5 Å². The summed E-state index contributed by atoms with van der Waals surface area (Å²) >= 11 is 1.73. The number of thiophene rings is 1. The Balaban J connectivity index is 1.01. The third-order valence-corrected chi connectivity index (χ3v) is 8.03. The minimum Gasteiger partial charge on any atom is -0.494 e. The van der Waals surface area contributed by atoms with Crippen molar-refractivity contribution < 1.29 is 19.0 Å². The standard InChI is InChI=1S/C37H41NO4S/c38-27-30-11-19-36(20-12-30)42-37(39)34-15-13-32(14-16-34)33-17-21-35(22-18-33)41-25-10-8-6-4-2-1-3-5-7-9-24-40-28-31-23-26-43-29-31/h11-23,26,29H,1-10,24-25,28H2. The molecule has 0 saturated carbocycles. The van der Waals surface area contributed by atoms with Gasteiger partial charge in [-0.25, -0.2) is 4.79 Å². The zero-order valence-corrected chi connectivity index (χ0v) is 25.7.